The average Bonchev–Trinajstić information content (AvgIpc) is 3.08. The lowest BCUT2D eigenvalue weighted by atomic mass is 10.0. The van der Waals surface area contributed by atoms with Gasteiger partial charge in [-0.2, -0.15) is 0 Å². The Kier molecular flexibility index (Phi) is 6.36. The molecule has 0 unspecified atom stereocenters. The van der Waals surface area contributed by atoms with Crippen LogP contribution in [0, 0.1) is 5.82 Å². The molecule has 0 aliphatic carbocycles. The van der Waals surface area contributed by atoms with E-state index in [1.165, 1.54) is 38.5 Å². The Labute approximate surface area is 197 Å². The Morgan fingerprint density at radius 1 is 0.824 bits per heavy atom. The molecule has 1 aliphatic heterocycles. The van der Waals surface area contributed by atoms with Crippen molar-refractivity contribution < 1.29 is 23.5 Å². The Morgan fingerprint density at radius 3 is 2.06 bits per heavy atom. The van der Waals surface area contributed by atoms with Crippen LogP contribution >= 0.6 is 0 Å². The van der Waals surface area contributed by atoms with Crippen LogP contribution in [0.25, 0.3) is 5.57 Å². The predicted octanol–water partition coefficient (Wildman–Crippen LogP) is 5.36. The quantitative estimate of drug-likeness (QED) is 0.481. The van der Waals surface area contributed by atoms with Crippen LogP contribution < -0.4 is 19.7 Å². The summed E-state index contributed by atoms with van der Waals surface area (Å²) in [5.41, 5.74) is 2.85. The molecule has 3 aromatic rings. The zero-order valence-electron chi connectivity index (χ0n) is 19.4. The fraction of sp³-hybridized carbons (Fsp3) is 0.185. The average molecular weight is 461 g/mol. The summed E-state index contributed by atoms with van der Waals surface area (Å²) < 4.78 is 24.2. The normalized spacial score (nSPS) is 13.6. The number of anilines is 2. The van der Waals surface area contributed by atoms with Crippen LogP contribution in [0.5, 0.6) is 11.5 Å². The lowest BCUT2D eigenvalue weighted by Gasteiger charge is -2.17. The van der Waals surface area contributed by atoms with E-state index < -0.39 is 17.6 Å². The van der Waals surface area contributed by atoms with Crippen LogP contribution in [0.1, 0.15) is 30.9 Å². The fourth-order valence-corrected chi connectivity index (χ4v) is 3.82. The van der Waals surface area contributed by atoms with Gasteiger partial charge >= 0.3 is 0 Å². The summed E-state index contributed by atoms with van der Waals surface area (Å²) in [4.78, 5) is 28.2. The van der Waals surface area contributed by atoms with Crippen molar-refractivity contribution in [3.05, 3.63) is 89.4 Å². The Hall–Kier alpha value is -4.13. The molecule has 0 atom stereocenters. The number of nitrogens with zero attached hydrogens (tertiary/aromatic N) is 1. The Morgan fingerprint density at radius 2 is 1.47 bits per heavy atom. The molecule has 0 aromatic heterocycles. The van der Waals surface area contributed by atoms with E-state index in [0.29, 0.717) is 34.4 Å². The molecule has 0 saturated heterocycles. The van der Waals surface area contributed by atoms with Gasteiger partial charge in [-0.1, -0.05) is 38.1 Å². The molecule has 1 N–H and O–H groups in total. The first kappa shape index (κ1) is 23.0. The number of halogens is 1. The second-order valence-corrected chi connectivity index (χ2v) is 8.14. The third-order valence-corrected chi connectivity index (χ3v) is 5.69. The highest BCUT2D eigenvalue weighted by molar-refractivity contribution is 6.46. The number of imide groups is 1. The van der Waals surface area contributed by atoms with E-state index in [1.807, 2.05) is 24.3 Å². The maximum absolute atomic E-state index is 13.6. The number of benzene rings is 3. The highest BCUT2D eigenvalue weighted by Crippen LogP contribution is 2.37. The van der Waals surface area contributed by atoms with Gasteiger partial charge in [-0.25, -0.2) is 9.29 Å². The number of carbonyl (C=O) groups is 2. The van der Waals surface area contributed by atoms with E-state index in [4.69, 9.17) is 9.47 Å². The van der Waals surface area contributed by atoms with Gasteiger partial charge in [0.25, 0.3) is 11.8 Å². The number of rotatable bonds is 7. The monoisotopic (exact) mass is 460 g/mol. The largest absolute Gasteiger partial charge is 0.493 e. The van der Waals surface area contributed by atoms with Crippen molar-refractivity contribution in [2.75, 3.05) is 24.4 Å². The van der Waals surface area contributed by atoms with Gasteiger partial charge in [0, 0.05) is 11.8 Å². The molecule has 6 nitrogen and oxygen atoms in total. The first-order chi connectivity index (χ1) is 16.3. The third kappa shape index (κ3) is 4.24. The Bertz CT molecular complexity index is 1260. The van der Waals surface area contributed by atoms with Gasteiger partial charge in [0.05, 0.1) is 25.5 Å². The first-order valence-corrected chi connectivity index (χ1v) is 10.8. The van der Waals surface area contributed by atoms with E-state index >= 15 is 0 Å². The molecule has 0 saturated carbocycles. The SMILES string of the molecule is COc1ccc(N2C(=O)C(Nc3ccc(C(C)C)cc3)=C(c3ccc(F)cc3)C2=O)cc1OC. The minimum absolute atomic E-state index is 0.115. The molecule has 0 fully saturated rings. The fourth-order valence-electron chi connectivity index (χ4n) is 3.82. The van der Waals surface area contributed by atoms with E-state index in [2.05, 4.69) is 19.2 Å². The lowest BCUT2D eigenvalue weighted by molar-refractivity contribution is -0.120. The van der Waals surface area contributed by atoms with E-state index in [1.54, 1.807) is 18.2 Å². The van der Waals surface area contributed by atoms with Crippen molar-refractivity contribution in [1.82, 2.24) is 0 Å². The van der Waals surface area contributed by atoms with Crippen molar-refractivity contribution in [3.8, 4) is 11.5 Å². The first-order valence-electron chi connectivity index (χ1n) is 10.8. The zero-order valence-corrected chi connectivity index (χ0v) is 19.4. The number of methoxy groups -OCH3 is 2. The van der Waals surface area contributed by atoms with Crippen molar-refractivity contribution in [1.29, 1.82) is 0 Å². The van der Waals surface area contributed by atoms with Crippen molar-refractivity contribution >= 4 is 28.8 Å². The molecule has 174 valence electrons. The summed E-state index contributed by atoms with van der Waals surface area (Å²) in [6, 6.07) is 18.0. The van der Waals surface area contributed by atoms with E-state index in [-0.39, 0.29) is 11.3 Å². The van der Waals surface area contributed by atoms with Gasteiger partial charge in [0.1, 0.15) is 11.5 Å². The maximum atomic E-state index is 13.6. The highest BCUT2D eigenvalue weighted by Gasteiger charge is 2.40. The van der Waals surface area contributed by atoms with Crippen LogP contribution in [-0.2, 0) is 9.59 Å². The summed E-state index contributed by atoms with van der Waals surface area (Å²) >= 11 is 0. The number of amides is 2. The molecule has 7 heteroatoms. The van der Waals surface area contributed by atoms with Gasteiger partial charge in [0.2, 0.25) is 0 Å². The van der Waals surface area contributed by atoms with Crippen molar-refractivity contribution in [2.24, 2.45) is 0 Å². The summed E-state index contributed by atoms with van der Waals surface area (Å²) in [7, 11) is 2.98. The third-order valence-electron chi connectivity index (χ3n) is 5.69. The smallest absolute Gasteiger partial charge is 0.282 e. The van der Waals surface area contributed by atoms with Crippen LogP contribution in [0.2, 0.25) is 0 Å². The molecule has 0 spiro atoms. The molecular formula is C27H25FN2O4. The number of hydrogen-bond acceptors (Lipinski definition) is 5. The van der Waals surface area contributed by atoms with Crippen LogP contribution in [-0.4, -0.2) is 26.0 Å². The molecule has 1 aliphatic rings. The molecule has 3 aromatic carbocycles. The zero-order chi connectivity index (χ0) is 24.4. The molecule has 1 heterocycles. The maximum Gasteiger partial charge on any atom is 0.282 e. The molecule has 34 heavy (non-hydrogen) atoms. The highest BCUT2D eigenvalue weighted by atomic mass is 19.1. The second-order valence-electron chi connectivity index (χ2n) is 8.14. The number of hydrogen-bond donors (Lipinski definition) is 1. The molecule has 2 amide bonds. The van der Waals surface area contributed by atoms with Gasteiger partial charge in [0.15, 0.2) is 11.5 Å². The minimum Gasteiger partial charge on any atom is -0.493 e. The van der Waals surface area contributed by atoms with Gasteiger partial charge in [-0.05, 0) is 53.4 Å². The van der Waals surface area contributed by atoms with Crippen LogP contribution in [0.15, 0.2) is 72.4 Å². The number of ether oxygens (including phenoxy) is 2. The topological polar surface area (TPSA) is 67.9 Å². The summed E-state index contributed by atoms with van der Waals surface area (Å²) in [5.74, 6) is -0.264. The van der Waals surface area contributed by atoms with Gasteiger partial charge in [-0.15, -0.1) is 0 Å². The van der Waals surface area contributed by atoms with E-state index in [9.17, 15) is 14.0 Å². The summed E-state index contributed by atoms with van der Waals surface area (Å²) in [6.45, 7) is 4.19. The van der Waals surface area contributed by atoms with Gasteiger partial charge < -0.3 is 14.8 Å². The number of nitrogens with one attached hydrogen (secondary N) is 1. The van der Waals surface area contributed by atoms with Crippen molar-refractivity contribution in [2.45, 2.75) is 19.8 Å². The Balaban J connectivity index is 1.78. The molecule has 0 bridgehead atoms. The summed E-state index contributed by atoms with van der Waals surface area (Å²) in [5, 5.41) is 3.12. The minimum atomic E-state index is -0.524. The van der Waals surface area contributed by atoms with Crippen LogP contribution in [0.4, 0.5) is 15.8 Å². The molecule has 0 radical (unpaired) electrons. The van der Waals surface area contributed by atoms with E-state index in [0.717, 1.165) is 10.5 Å². The second kappa shape index (κ2) is 9.39. The summed E-state index contributed by atoms with van der Waals surface area (Å²) in [6.07, 6.45) is 0. The standard InChI is InChI=1S/C27H25FN2O4/c1-16(2)17-7-11-20(12-8-17)29-25-24(18-5-9-19(28)10-6-18)26(31)30(27(25)32)21-13-14-22(33-3)23(15-21)34-4/h5-16,29H,1-4H3. The predicted molar refractivity (Wildman–Crippen MR) is 130 cm³/mol. The van der Waals surface area contributed by atoms with Crippen molar-refractivity contribution in [3.63, 3.8) is 0 Å². The number of carbonyl (C=O) groups excluding carboxylic acids is 2. The molecular weight excluding hydrogens is 435 g/mol. The lowest BCUT2D eigenvalue weighted by Crippen LogP contribution is -2.32. The van der Waals surface area contributed by atoms with Gasteiger partial charge in [-0.3, -0.25) is 9.59 Å². The molecule has 4 rings (SSSR count). The van der Waals surface area contributed by atoms with Crippen LogP contribution in [0.3, 0.4) is 0 Å².